The molecule has 0 bridgehead atoms. The Balaban J connectivity index is 1.01. The number of amides is 2. The fourth-order valence-corrected chi connectivity index (χ4v) is 11.8. The van der Waals surface area contributed by atoms with E-state index in [-0.39, 0.29) is 46.1 Å². The number of ether oxygens (including phenoxy) is 2. The molecule has 4 heterocycles. The second kappa shape index (κ2) is 17.1. The van der Waals surface area contributed by atoms with Gasteiger partial charge >= 0.3 is 6.09 Å². The van der Waals surface area contributed by atoms with Gasteiger partial charge in [-0.25, -0.2) is 17.6 Å². The van der Waals surface area contributed by atoms with Crippen LogP contribution in [0.15, 0.2) is 66.1 Å². The topological polar surface area (TPSA) is 115 Å². The van der Waals surface area contributed by atoms with Crippen molar-refractivity contribution in [3.8, 4) is 0 Å². The lowest BCUT2D eigenvalue weighted by molar-refractivity contribution is -0.125. The molecule has 4 aliphatic heterocycles. The SMILES string of the molecule is C=CC(=O)N1CCCN(S(=O)(=O)c2ccc(N3CC(CN4CCC(C(CN5CCC5)(c5cccc(F)c5)[C@H]5CCC[C@@H]5NC(=O)OC)CC4)(OC)C3)cc2)CC1. The van der Waals surface area contributed by atoms with Crippen LogP contribution in [0.2, 0.25) is 0 Å². The van der Waals surface area contributed by atoms with Gasteiger partial charge in [-0.05, 0) is 125 Å². The molecule has 7 rings (SSSR count). The fourth-order valence-electron chi connectivity index (χ4n) is 10.3. The first-order valence-electron chi connectivity index (χ1n) is 20.4. The molecule has 306 valence electrons. The molecule has 14 heteroatoms. The standard InChI is InChI=1S/C42H59FN6O6S/c1-4-39(50)47-21-8-22-49(26-25-47)56(52,53)36-15-13-35(14-16-36)48-29-41(30-48,55-3)28-46-23-17-32(18-24-46)42(31-45-19-7-20-45,33-9-5-10-34(43)27-33)37-11-6-12-38(37)44-40(51)54-2/h4-5,9-10,13-16,27,32,37-38H,1,6-8,11-12,17-26,28-31H2,2-3H3,(H,44,51)/t37-,38-,42?/m0/s1. The number of likely N-dealkylation sites (tertiary alicyclic amines) is 2. The molecule has 3 atom stereocenters. The van der Waals surface area contributed by atoms with E-state index in [0.29, 0.717) is 45.1 Å². The number of halogens is 1. The van der Waals surface area contributed by atoms with Crippen LogP contribution >= 0.6 is 0 Å². The number of carbonyl (C=O) groups is 2. The van der Waals surface area contributed by atoms with E-state index in [1.807, 2.05) is 18.2 Å². The molecule has 5 fully saturated rings. The number of sulfonamides is 1. The number of nitrogens with zero attached hydrogens (tertiary/aromatic N) is 5. The number of methoxy groups -OCH3 is 2. The molecular weight excluding hydrogens is 736 g/mol. The minimum atomic E-state index is -3.70. The van der Waals surface area contributed by atoms with Crippen molar-refractivity contribution in [1.82, 2.24) is 24.3 Å². The second-order valence-electron chi connectivity index (χ2n) is 16.5. The number of nitrogens with one attached hydrogen (secondary N) is 1. The van der Waals surface area contributed by atoms with Crippen LogP contribution < -0.4 is 10.2 Å². The van der Waals surface area contributed by atoms with Crippen molar-refractivity contribution in [2.45, 2.75) is 66.9 Å². The van der Waals surface area contributed by atoms with Crippen molar-refractivity contribution in [1.29, 1.82) is 0 Å². The van der Waals surface area contributed by atoms with Gasteiger partial charge in [-0.15, -0.1) is 0 Å². The maximum atomic E-state index is 15.1. The van der Waals surface area contributed by atoms with Gasteiger partial charge in [0.15, 0.2) is 0 Å². The average molecular weight is 795 g/mol. The Morgan fingerprint density at radius 2 is 1.64 bits per heavy atom. The number of piperidine rings is 1. The molecule has 1 N–H and O–H groups in total. The van der Waals surface area contributed by atoms with Crippen LogP contribution in [0.1, 0.15) is 50.5 Å². The molecular formula is C42H59FN6O6S. The van der Waals surface area contributed by atoms with E-state index in [1.165, 1.54) is 30.0 Å². The molecule has 2 aromatic carbocycles. The summed E-state index contributed by atoms with van der Waals surface area (Å²) in [5.41, 5.74) is 1.33. The summed E-state index contributed by atoms with van der Waals surface area (Å²) in [6.45, 7) is 11.9. The largest absolute Gasteiger partial charge is 0.453 e. The number of hydrogen-bond donors (Lipinski definition) is 1. The van der Waals surface area contributed by atoms with Crippen LogP contribution in [0.4, 0.5) is 14.9 Å². The molecule has 2 aromatic rings. The number of benzene rings is 2. The maximum absolute atomic E-state index is 15.1. The van der Waals surface area contributed by atoms with E-state index in [4.69, 9.17) is 9.47 Å². The van der Waals surface area contributed by atoms with Crippen LogP contribution in [0.5, 0.6) is 0 Å². The van der Waals surface area contributed by atoms with Crippen LogP contribution in [0, 0.1) is 17.7 Å². The smallest absolute Gasteiger partial charge is 0.407 e. The van der Waals surface area contributed by atoms with E-state index in [9.17, 15) is 18.0 Å². The quantitative estimate of drug-likeness (QED) is 0.297. The Kier molecular flexibility index (Phi) is 12.4. The Hall–Kier alpha value is -3.56. The van der Waals surface area contributed by atoms with Gasteiger partial charge in [-0.3, -0.25) is 4.79 Å². The molecule has 0 aromatic heterocycles. The van der Waals surface area contributed by atoms with Gasteiger partial charge in [0.05, 0.1) is 25.1 Å². The zero-order valence-electron chi connectivity index (χ0n) is 33.0. The summed E-state index contributed by atoms with van der Waals surface area (Å²) in [6.07, 6.45) is 7.41. The Bertz CT molecular complexity index is 1810. The number of anilines is 1. The highest BCUT2D eigenvalue weighted by Crippen LogP contribution is 2.51. The maximum Gasteiger partial charge on any atom is 0.407 e. The lowest BCUT2D eigenvalue weighted by Gasteiger charge is -2.55. The molecule has 1 aliphatic carbocycles. The van der Waals surface area contributed by atoms with Crippen molar-refractivity contribution in [3.63, 3.8) is 0 Å². The molecule has 0 radical (unpaired) electrons. The summed E-state index contributed by atoms with van der Waals surface area (Å²) < 4.78 is 54.9. The predicted octanol–water partition coefficient (Wildman–Crippen LogP) is 4.32. The zero-order valence-corrected chi connectivity index (χ0v) is 33.9. The molecule has 5 aliphatic rings. The summed E-state index contributed by atoms with van der Waals surface area (Å²) in [7, 11) is -0.510. The van der Waals surface area contributed by atoms with Gasteiger partial charge in [-0.1, -0.05) is 25.1 Å². The Morgan fingerprint density at radius 3 is 2.29 bits per heavy atom. The number of hydrogen-bond acceptors (Lipinski definition) is 9. The van der Waals surface area contributed by atoms with E-state index >= 15 is 4.39 Å². The van der Waals surface area contributed by atoms with E-state index in [0.717, 1.165) is 82.6 Å². The number of rotatable bonds is 13. The molecule has 0 spiro atoms. The zero-order chi connectivity index (χ0) is 39.5. The van der Waals surface area contributed by atoms with Crippen LogP contribution in [0.25, 0.3) is 0 Å². The molecule has 2 amide bonds. The predicted molar refractivity (Wildman–Crippen MR) is 214 cm³/mol. The van der Waals surface area contributed by atoms with Crippen molar-refractivity contribution in [2.24, 2.45) is 11.8 Å². The van der Waals surface area contributed by atoms with E-state index < -0.39 is 16.1 Å². The molecule has 1 unspecified atom stereocenters. The van der Waals surface area contributed by atoms with E-state index in [1.54, 1.807) is 30.2 Å². The normalized spacial score (nSPS) is 25.1. The number of carbonyl (C=O) groups excluding carboxylic acids is 2. The minimum Gasteiger partial charge on any atom is -0.453 e. The highest BCUT2D eigenvalue weighted by Gasteiger charge is 2.54. The van der Waals surface area contributed by atoms with Gasteiger partial charge in [-0.2, -0.15) is 4.31 Å². The highest BCUT2D eigenvalue weighted by molar-refractivity contribution is 7.89. The Morgan fingerprint density at radius 1 is 0.911 bits per heavy atom. The monoisotopic (exact) mass is 794 g/mol. The summed E-state index contributed by atoms with van der Waals surface area (Å²) >= 11 is 0. The minimum absolute atomic E-state index is 0.0356. The van der Waals surface area contributed by atoms with Crippen molar-refractivity contribution < 1.29 is 31.9 Å². The molecule has 1 saturated carbocycles. The van der Waals surface area contributed by atoms with E-state index in [2.05, 4.69) is 32.7 Å². The van der Waals surface area contributed by atoms with Gasteiger partial charge in [0.2, 0.25) is 15.9 Å². The summed E-state index contributed by atoms with van der Waals surface area (Å²) in [5.74, 6) is 0.0721. The average Bonchev–Trinajstić information content (AvgIpc) is 3.48. The molecule has 56 heavy (non-hydrogen) atoms. The second-order valence-corrected chi connectivity index (χ2v) is 18.5. The third-order valence-electron chi connectivity index (χ3n) is 13.5. The Labute approximate surface area is 332 Å². The van der Waals surface area contributed by atoms with Gasteiger partial charge in [0.25, 0.3) is 0 Å². The van der Waals surface area contributed by atoms with Crippen LogP contribution in [-0.2, 0) is 29.7 Å². The molecule has 4 saturated heterocycles. The summed E-state index contributed by atoms with van der Waals surface area (Å²) in [4.78, 5) is 33.8. The first-order chi connectivity index (χ1) is 27.0. The lowest BCUT2D eigenvalue weighted by atomic mass is 9.57. The van der Waals surface area contributed by atoms with Gasteiger partial charge in [0, 0.05) is 63.5 Å². The van der Waals surface area contributed by atoms with Crippen LogP contribution in [-0.4, -0.2) is 144 Å². The first-order valence-corrected chi connectivity index (χ1v) is 21.8. The third-order valence-corrected chi connectivity index (χ3v) is 15.4. The van der Waals surface area contributed by atoms with Gasteiger partial charge in [0.1, 0.15) is 11.4 Å². The number of alkyl carbamates (subject to hydrolysis) is 1. The highest BCUT2D eigenvalue weighted by atomic mass is 32.2. The third kappa shape index (κ3) is 8.22. The van der Waals surface area contributed by atoms with Crippen molar-refractivity contribution in [3.05, 3.63) is 72.6 Å². The molecule has 12 nitrogen and oxygen atoms in total. The summed E-state index contributed by atoms with van der Waals surface area (Å²) in [6, 6.07) is 14.3. The fraction of sp³-hybridized carbons (Fsp3) is 0.619. The van der Waals surface area contributed by atoms with Gasteiger partial charge < -0.3 is 34.4 Å². The summed E-state index contributed by atoms with van der Waals surface area (Å²) in [5, 5.41) is 3.18. The van der Waals surface area contributed by atoms with Crippen molar-refractivity contribution in [2.75, 3.05) is 97.7 Å². The lowest BCUT2D eigenvalue weighted by Crippen LogP contribution is -2.68. The van der Waals surface area contributed by atoms with Crippen molar-refractivity contribution >= 4 is 27.7 Å². The van der Waals surface area contributed by atoms with Crippen LogP contribution in [0.3, 0.4) is 0 Å². The first kappa shape index (κ1) is 40.6.